The first-order valence-electron chi connectivity index (χ1n) is 8.60. The highest BCUT2D eigenvalue weighted by Crippen LogP contribution is 2.25. The summed E-state index contributed by atoms with van der Waals surface area (Å²) in [5.41, 5.74) is 6.04. The van der Waals surface area contributed by atoms with Gasteiger partial charge < -0.3 is 15.8 Å². The molecule has 0 saturated carbocycles. The maximum Gasteiger partial charge on any atom is 0.252 e. The smallest absolute Gasteiger partial charge is 0.252 e. The van der Waals surface area contributed by atoms with E-state index in [-0.39, 0.29) is 30.8 Å². The molecule has 150 valence electrons. The molecule has 1 aliphatic rings. The Bertz CT molecular complexity index is 671. The molecule has 0 aliphatic carbocycles. The van der Waals surface area contributed by atoms with Crippen molar-refractivity contribution in [2.75, 3.05) is 26.3 Å². The predicted molar refractivity (Wildman–Crippen MR) is 105 cm³/mol. The van der Waals surface area contributed by atoms with Crippen molar-refractivity contribution in [3.05, 3.63) is 17.0 Å². The first-order chi connectivity index (χ1) is 11.9. The summed E-state index contributed by atoms with van der Waals surface area (Å²) in [6.45, 7) is 6.06. The Morgan fingerprint density at radius 2 is 1.96 bits per heavy atom. The maximum atomic E-state index is 12.5. The van der Waals surface area contributed by atoms with Gasteiger partial charge >= 0.3 is 0 Å². The lowest BCUT2D eigenvalue weighted by Crippen LogP contribution is -2.46. The Morgan fingerprint density at radius 3 is 2.54 bits per heavy atom. The van der Waals surface area contributed by atoms with Crippen LogP contribution in [0, 0.1) is 5.92 Å². The number of halogens is 1. The summed E-state index contributed by atoms with van der Waals surface area (Å²) in [6.07, 6.45) is 1.58. The van der Waals surface area contributed by atoms with Crippen LogP contribution in [0.2, 0.25) is 0 Å². The number of nitrogens with zero attached hydrogens (tertiary/aromatic N) is 1. The molecule has 1 atom stereocenters. The largest absolute Gasteiger partial charge is 0.381 e. The molecule has 1 aromatic rings. The number of nitrogens with one attached hydrogen (secondary N) is 1. The van der Waals surface area contributed by atoms with Crippen LogP contribution in [0.25, 0.3) is 0 Å². The summed E-state index contributed by atoms with van der Waals surface area (Å²) in [7, 11) is -3.45. The van der Waals surface area contributed by atoms with Crippen molar-refractivity contribution in [2.24, 2.45) is 11.7 Å². The molecule has 1 amide bonds. The second-order valence-corrected chi connectivity index (χ2v) is 9.34. The van der Waals surface area contributed by atoms with Crippen molar-refractivity contribution < 1.29 is 17.9 Å². The monoisotopic (exact) mass is 425 g/mol. The minimum atomic E-state index is -3.45. The molecule has 2 heterocycles. The van der Waals surface area contributed by atoms with Gasteiger partial charge in [-0.1, -0.05) is 13.8 Å². The van der Waals surface area contributed by atoms with Crippen LogP contribution in [0.1, 0.15) is 31.6 Å². The van der Waals surface area contributed by atoms with Gasteiger partial charge in [0.15, 0.2) is 0 Å². The lowest BCUT2D eigenvalue weighted by atomic mass is 9.92. The van der Waals surface area contributed by atoms with E-state index in [1.165, 1.54) is 15.6 Å². The zero-order valence-electron chi connectivity index (χ0n) is 15.1. The Kier molecular flexibility index (Phi) is 9.49. The third-order valence-electron chi connectivity index (χ3n) is 4.45. The SMILES string of the molecule is CCN(CC)S(=O)(=O)c1ccc(CNC(=O)C(N)C2CCOCC2)s1.Cl. The van der Waals surface area contributed by atoms with Crippen molar-refractivity contribution in [1.82, 2.24) is 9.62 Å². The number of sulfonamides is 1. The molecule has 0 spiro atoms. The Labute approximate surface area is 165 Å². The van der Waals surface area contributed by atoms with Gasteiger partial charge in [-0.15, -0.1) is 23.7 Å². The number of rotatable bonds is 8. The van der Waals surface area contributed by atoms with Crippen LogP contribution in [-0.4, -0.2) is 51.0 Å². The van der Waals surface area contributed by atoms with Crippen LogP contribution in [0.5, 0.6) is 0 Å². The van der Waals surface area contributed by atoms with Crippen molar-refractivity contribution in [1.29, 1.82) is 0 Å². The van der Waals surface area contributed by atoms with Crippen LogP contribution in [0.4, 0.5) is 0 Å². The van der Waals surface area contributed by atoms with Gasteiger partial charge in [0.1, 0.15) is 4.21 Å². The summed E-state index contributed by atoms with van der Waals surface area (Å²) in [5.74, 6) is -0.0656. The Hall–Kier alpha value is -0.710. The molecule has 1 fully saturated rings. The molecule has 26 heavy (non-hydrogen) atoms. The van der Waals surface area contributed by atoms with Crippen LogP contribution >= 0.6 is 23.7 Å². The number of thiophene rings is 1. The summed E-state index contributed by atoms with van der Waals surface area (Å²) in [4.78, 5) is 13.0. The molecule has 10 heteroatoms. The van der Waals surface area contributed by atoms with Gasteiger partial charge in [0.2, 0.25) is 5.91 Å². The zero-order chi connectivity index (χ0) is 18.4. The Morgan fingerprint density at radius 1 is 1.35 bits per heavy atom. The van der Waals surface area contributed by atoms with Crippen molar-refractivity contribution in [2.45, 2.75) is 43.5 Å². The highest BCUT2D eigenvalue weighted by atomic mass is 35.5. The first-order valence-corrected chi connectivity index (χ1v) is 10.9. The molecule has 0 bridgehead atoms. The molecule has 0 radical (unpaired) electrons. The molecule has 0 aromatic carbocycles. The highest BCUT2D eigenvalue weighted by molar-refractivity contribution is 7.91. The van der Waals surface area contributed by atoms with Crippen molar-refractivity contribution >= 4 is 39.7 Å². The molecule has 7 nitrogen and oxygen atoms in total. The van der Waals surface area contributed by atoms with Gasteiger partial charge in [-0.2, -0.15) is 4.31 Å². The summed E-state index contributed by atoms with van der Waals surface area (Å²) >= 11 is 1.18. The summed E-state index contributed by atoms with van der Waals surface area (Å²) in [6, 6.07) is 2.78. The third-order valence-corrected chi connectivity index (χ3v) is 8.05. The molecular weight excluding hydrogens is 398 g/mol. The fourth-order valence-electron chi connectivity index (χ4n) is 2.86. The van der Waals surface area contributed by atoms with E-state index in [0.29, 0.717) is 30.5 Å². The quantitative estimate of drug-likeness (QED) is 0.658. The van der Waals surface area contributed by atoms with E-state index in [0.717, 1.165) is 17.7 Å². The average molecular weight is 426 g/mol. The lowest BCUT2D eigenvalue weighted by molar-refractivity contribution is -0.124. The fourth-order valence-corrected chi connectivity index (χ4v) is 5.77. The number of hydrogen-bond acceptors (Lipinski definition) is 6. The van der Waals surface area contributed by atoms with E-state index in [2.05, 4.69) is 5.32 Å². The molecule has 1 saturated heterocycles. The van der Waals surface area contributed by atoms with Crippen LogP contribution < -0.4 is 11.1 Å². The average Bonchev–Trinajstić information content (AvgIpc) is 3.10. The van der Waals surface area contributed by atoms with E-state index >= 15 is 0 Å². The van der Waals surface area contributed by atoms with E-state index in [4.69, 9.17) is 10.5 Å². The lowest BCUT2D eigenvalue weighted by Gasteiger charge is -2.26. The third kappa shape index (κ3) is 5.64. The van der Waals surface area contributed by atoms with Gasteiger partial charge in [0.05, 0.1) is 12.6 Å². The molecule has 2 rings (SSSR count). The topological polar surface area (TPSA) is 102 Å². The number of ether oxygens (including phenoxy) is 1. The zero-order valence-corrected chi connectivity index (χ0v) is 17.6. The molecule has 1 aliphatic heterocycles. The standard InChI is InChI=1S/C16H27N3O4S2.ClH/c1-3-19(4-2)25(21,22)14-6-5-13(24-14)11-18-16(20)15(17)12-7-9-23-10-8-12;/h5-6,12,15H,3-4,7-11,17H2,1-2H3,(H,18,20);1H. The van der Waals surface area contributed by atoms with Gasteiger partial charge in [0, 0.05) is 31.2 Å². The van der Waals surface area contributed by atoms with E-state index in [1.54, 1.807) is 12.1 Å². The van der Waals surface area contributed by atoms with Gasteiger partial charge in [-0.05, 0) is 30.9 Å². The van der Waals surface area contributed by atoms with Gasteiger partial charge in [-0.25, -0.2) is 8.42 Å². The molecule has 3 N–H and O–H groups in total. The Balaban J connectivity index is 0.00000338. The first kappa shape index (κ1) is 23.3. The molecule has 1 unspecified atom stereocenters. The summed E-state index contributed by atoms with van der Waals surface area (Å²) < 4.78 is 32.0. The van der Waals surface area contributed by atoms with E-state index < -0.39 is 16.1 Å². The predicted octanol–water partition coefficient (Wildman–Crippen LogP) is 1.57. The number of carbonyl (C=O) groups is 1. The van der Waals surface area contributed by atoms with Crippen LogP contribution in [0.15, 0.2) is 16.3 Å². The minimum Gasteiger partial charge on any atom is -0.381 e. The summed E-state index contributed by atoms with van der Waals surface area (Å²) in [5, 5.41) is 2.82. The van der Waals surface area contributed by atoms with Crippen LogP contribution in [-0.2, 0) is 26.1 Å². The second-order valence-electron chi connectivity index (χ2n) is 6.00. The van der Waals surface area contributed by atoms with E-state index in [1.807, 2.05) is 13.8 Å². The number of carbonyl (C=O) groups excluding carboxylic acids is 1. The van der Waals surface area contributed by atoms with Crippen molar-refractivity contribution in [3.63, 3.8) is 0 Å². The van der Waals surface area contributed by atoms with Crippen molar-refractivity contribution in [3.8, 4) is 0 Å². The van der Waals surface area contributed by atoms with Crippen LogP contribution in [0.3, 0.4) is 0 Å². The van der Waals surface area contributed by atoms with Gasteiger partial charge in [-0.3, -0.25) is 4.79 Å². The maximum absolute atomic E-state index is 12.5. The number of nitrogens with two attached hydrogens (primary N) is 1. The van der Waals surface area contributed by atoms with Gasteiger partial charge in [0.25, 0.3) is 10.0 Å². The number of amides is 1. The number of hydrogen-bond donors (Lipinski definition) is 2. The normalized spacial score (nSPS) is 16.9. The molecule has 1 aromatic heterocycles. The fraction of sp³-hybridized carbons (Fsp3) is 0.688. The minimum absolute atomic E-state index is 0. The second kappa shape index (κ2) is 10.6. The highest BCUT2D eigenvalue weighted by Gasteiger charge is 2.27. The molecular formula is C16H28ClN3O4S2. The van der Waals surface area contributed by atoms with E-state index in [9.17, 15) is 13.2 Å².